The van der Waals surface area contributed by atoms with E-state index < -0.39 is 0 Å². The van der Waals surface area contributed by atoms with E-state index in [-0.39, 0.29) is 17.9 Å². The maximum atomic E-state index is 12.8. The van der Waals surface area contributed by atoms with E-state index in [0.29, 0.717) is 6.61 Å². The van der Waals surface area contributed by atoms with Crippen LogP contribution in [0.2, 0.25) is 0 Å². The Kier molecular flexibility index (Phi) is 7.77. The number of fused-ring (bicyclic) bond motifs is 1. The van der Waals surface area contributed by atoms with Crippen LogP contribution in [0.25, 0.3) is 0 Å². The molecule has 8 heteroatoms. The molecule has 4 rings (SSSR count). The largest absolute Gasteiger partial charge is 0.489 e. The van der Waals surface area contributed by atoms with Crippen molar-refractivity contribution in [3.63, 3.8) is 0 Å². The van der Waals surface area contributed by atoms with Crippen molar-refractivity contribution in [2.75, 3.05) is 39.8 Å². The Balaban J connectivity index is 1.37. The fourth-order valence-corrected chi connectivity index (χ4v) is 4.70. The zero-order valence-electron chi connectivity index (χ0n) is 19.9. The molecule has 0 spiro atoms. The van der Waals surface area contributed by atoms with Gasteiger partial charge in [-0.15, -0.1) is 10.2 Å². The van der Waals surface area contributed by atoms with Crippen molar-refractivity contribution in [1.29, 1.82) is 0 Å². The molecule has 178 valence electrons. The quantitative estimate of drug-likeness (QED) is 0.620. The summed E-state index contributed by atoms with van der Waals surface area (Å²) in [5.41, 5.74) is 1.18. The summed E-state index contributed by atoms with van der Waals surface area (Å²) in [6.45, 7) is 11.6. The average Bonchev–Trinajstić information content (AvgIpc) is 3.13. The van der Waals surface area contributed by atoms with Crippen molar-refractivity contribution < 1.29 is 9.53 Å². The smallest absolute Gasteiger partial charge is 0.223 e. The molecule has 2 aliphatic heterocycles. The highest BCUT2D eigenvalue weighted by molar-refractivity contribution is 5.79. The molecule has 2 aromatic rings. The summed E-state index contributed by atoms with van der Waals surface area (Å²) >= 11 is 0. The van der Waals surface area contributed by atoms with Crippen molar-refractivity contribution >= 4 is 5.91 Å². The van der Waals surface area contributed by atoms with Crippen LogP contribution in [0.15, 0.2) is 36.9 Å². The monoisotopic (exact) mass is 452 g/mol. The highest BCUT2D eigenvalue weighted by Crippen LogP contribution is 2.23. The van der Waals surface area contributed by atoms with Crippen LogP contribution in [0.1, 0.15) is 43.0 Å². The van der Waals surface area contributed by atoms with Crippen LogP contribution in [0.4, 0.5) is 0 Å². The summed E-state index contributed by atoms with van der Waals surface area (Å²) in [6.07, 6.45) is 4.43. The molecule has 0 bridgehead atoms. The van der Waals surface area contributed by atoms with E-state index in [9.17, 15) is 4.79 Å². The van der Waals surface area contributed by atoms with E-state index in [2.05, 4.69) is 55.6 Å². The highest BCUT2D eigenvalue weighted by Gasteiger charge is 2.27. The Morgan fingerprint density at radius 3 is 2.79 bits per heavy atom. The van der Waals surface area contributed by atoms with Gasteiger partial charge in [0.05, 0.1) is 6.04 Å². The molecule has 0 radical (unpaired) electrons. The number of carbonyl (C=O) groups is 1. The van der Waals surface area contributed by atoms with E-state index in [0.717, 1.165) is 75.9 Å². The lowest BCUT2D eigenvalue weighted by atomic mass is 9.96. The Labute approximate surface area is 196 Å². The maximum absolute atomic E-state index is 12.8. The van der Waals surface area contributed by atoms with Gasteiger partial charge in [-0.1, -0.05) is 30.9 Å². The van der Waals surface area contributed by atoms with Gasteiger partial charge in [0.25, 0.3) is 0 Å². The van der Waals surface area contributed by atoms with Crippen LogP contribution < -0.4 is 10.1 Å². The van der Waals surface area contributed by atoms with Gasteiger partial charge in [-0.25, -0.2) is 0 Å². The Morgan fingerprint density at radius 1 is 1.21 bits per heavy atom. The number of likely N-dealkylation sites (tertiary alicyclic amines) is 1. The fraction of sp³-hybridized carbons (Fsp3) is 0.560. The van der Waals surface area contributed by atoms with Crippen LogP contribution in [-0.4, -0.2) is 70.3 Å². The van der Waals surface area contributed by atoms with Gasteiger partial charge in [-0.05, 0) is 46.0 Å². The number of piperidine rings is 1. The van der Waals surface area contributed by atoms with Crippen LogP contribution >= 0.6 is 0 Å². The fourth-order valence-electron chi connectivity index (χ4n) is 4.70. The van der Waals surface area contributed by atoms with E-state index in [1.54, 1.807) is 6.08 Å². The summed E-state index contributed by atoms with van der Waals surface area (Å²) in [4.78, 5) is 17.5. The number of hydrogen-bond acceptors (Lipinski definition) is 6. The normalized spacial score (nSPS) is 18.8. The number of carbonyl (C=O) groups excluding carboxylic acids is 1. The maximum Gasteiger partial charge on any atom is 0.223 e. The third-order valence-electron chi connectivity index (χ3n) is 6.71. The van der Waals surface area contributed by atoms with E-state index in [1.807, 2.05) is 19.1 Å². The third-order valence-corrected chi connectivity index (χ3v) is 6.71. The van der Waals surface area contributed by atoms with Crippen molar-refractivity contribution in [3.8, 4) is 5.75 Å². The van der Waals surface area contributed by atoms with Crippen molar-refractivity contribution in [3.05, 3.63) is 54.1 Å². The molecule has 33 heavy (non-hydrogen) atoms. The molecule has 0 aliphatic carbocycles. The lowest BCUT2D eigenvalue weighted by Crippen LogP contribution is -2.40. The van der Waals surface area contributed by atoms with Gasteiger partial charge in [0.1, 0.15) is 18.2 Å². The van der Waals surface area contributed by atoms with Gasteiger partial charge < -0.3 is 19.5 Å². The number of benzene rings is 1. The van der Waals surface area contributed by atoms with Crippen LogP contribution in [-0.2, 0) is 24.3 Å². The standard InChI is InChI=1S/C25H36N6O2/c1-4-17-33-22-8-6-5-7-21(22)18-30-14-11-23-27-28-24(31(23)16-15-30)19(2)26-25(32)20-9-12-29(3)13-10-20/h4-8,19-20H,1,9-18H2,2-3H3,(H,26,32)/t19-/m1/s1. The van der Waals surface area contributed by atoms with Gasteiger partial charge in [0.15, 0.2) is 5.82 Å². The Morgan fingerprint density at radius 2 is 2.00 bits per heavy atom. The molecule has 1 atom stereocenters. The lowest BCUT2D eigenvalue weighted by molar-refractivity contribution is -0.127. The van der Waals surface area contributed by atoms with Crippen LogP contribution in [0.5, 0.6) is 5.75 Å². The minimum Gasteiger partial charge on any atom is -0.489 e. The second-order valence-corrected chi connectivity index (χ2v) is 9.17. The van der Waals surface area contributed by atoms with Crippen molar-refractivity contribution in [1.82, 2.24) is 29.9 Å². The molecule has 1 saturated heterocycles. The molecule has 1 aromatic carbocycles. The van der Waals surface area contributed by atoms with E-state index in [4.69, 9.17) is 4.74 Å². The third kappa shape index (κ3) is 5.81. The Hall–Kier alpha value is -2.71. The summed E-state index contributed by atoms with van der Waals surface area (Å²) in [5.74, 6) is 2.98. The molecule has 8 nitrogen and oxygen atoms in total. The van der Waals surface area contributed by atoms with E-state index in [1.165, 1.54) is 5.56 Å². The molecule has 1 fully saturated rings. The lowest BCUT2D eigenvalue weighted by Gasteiger charge is -2.29. The average molecular weight is 453 g/mol. The van der Waals surface area contributed by atoms with E-state index >= 15 is 0 Å². The second-order valence-electron chi connectivity index (χ2n) is 9.17. The summed E-state index contributed by atoms with van der Waals surface area (Å²) in [6, 6.07) is 8.03. The van der Waals surface area contributed by atoms with Gasteiger partial charge >= 0.3 is 0 Å². The number of para-hydroxylation sites is 1. The zero-order chi connectivity index (χ0) is 23.2. The first-order chi connectivity index (χ1) is 16.0. The molecular weight excluding hydrogens is 416 g/mol. The first-order valence-corrected chi connectivity index (χ1v) is 12.0. The minimum absolute atomic E-state index is 0.0917. The summed E-state index contributed by atoms with van der Waals surface area (Å²) in [7, 11) is 2.11. The predicted molar refractivity (Wildman–Crippen MR) is 128 cm³/mol. The van der Waals surface area contributed by atoms with Crippen LogP contribution in [0, 0.1) is 5.92 Å². The topological polar surface area (TPSA) is 75.5 Å². The first-order valence-electron chi connectivity index (χ1n) is 12.0. The minimum atomic E-state index is -0.155. The number of aromatic nitrogens is 3. The molecular formula is C25H36N6O2. The molecule has 1 amide bonds. The SMILES string of the molecule is C=CCOc1ccccc1CN1CCc2nnc([C@@H](C)NC(=O)C3CCN(C)CC3)n2CC1. The number of nitrogens with one attached hydrogen (secondary N) is 1. The van der Waals surface area contributed by atoms with Crippen LogP contribution in [0.3, 0.4) is 0 Å². The summed E-state index contributed by atoms with van der Waals surface area (Å²) < 4.78 is 8.03. The number of hydrogen-bond donors (Lipinski definition) is 1. The van der Waals surface area contributed by atoms with Gasteiger partial charge in [0, 0.05) is 44.1 Å². The van der Waals surface area contributed by atoms with Gasteiger partial charge in [0.2, 0.25) is 5.91 Å². The van der Waals surface area contributed by atoms with Crippen molar-refractivity contribution in [2.24, 2.45) is 5.92 Å². The zero-order valence-corrected chi connectivity index (χ0v) is 19.9. The van der Waals surface area contributed by atoms with Crippen molar-refractivity contribution in [2.45, 2.75) is 45.3 Å². The highest BCUT2D eigenvalue weighted by atomic mass is 16.5. The predicted octanol–water partition coefficient (Wildman–Crippen LogP) is 2.42. The number of nitrogens with zero attached hydrogens (tertiary/aromatic N) is 5. The molecule has 2 aliphatic rings. The van der Waals surface area contributed by atoms with Gasteiger partial charge in [-0.3, -0.25) is 9.69 Å². The number of ether oxygens (including phenoxy) is 1. The second kappa shape index (κ2) is 10.9. The van der Waals surface area contributed by atoms with Gasteiger partial charge in [-0.2, -0.15) is 0 Å². The molecule has 1 N–H and O–H groups in total. The number of amides is 1. The Bertz CT molecular complexity index is 950. The first kappa shape index (κ1) is 23.4. The molecule has 0 saturated carbocycles. The molecule has 3 heterocycles. The number of rotatable bonds is 8. The summed E-state index contributed by atoms with van der Waals surface area (Å²) in [5, 5.41) is 12.1. The molecule has 0 unspecified atom stereocenters. The molecule has 1 aromatic heterocycles.